The molecule has 0 aromatic carbocycles. The zero-order valence-electron chi connectivity index (χ0n) is 21.7. The molecule has 3 aromatic heterocycles. The molecular formula is C24H27F4N7O5S. The van der Waals surface area contributed by atoms with Crippen LogP contribution in [0, 0.1) is 0 Å². The van der Waals surface area contributed by atoms with Crippen LogP contribution in [-0.4, -0.2) is 87.1 Å². The van der Waals surface area contributed by atoms with E-state index in [0.29, 0.717) is 19.3 Å². The number of amides is 1. The van der Waals surface area contributed by atoms with Crippen LogP contribution in [0.2, 0.25) is 0 Å². The van der Waals surface area contributed by atoms with Crippen molar-refractivity contribution in [2.24, 2.45) is 0 Å². The summed E-state index contributed by atoms with van der Waals surface area (Å²) in [6, 6.07) is 0.767. The van der Waals surface area contributed by atoms with Gasteiger partial charge in [0.2, 0.25) is 15.9 Å². The highest BCUT2D eigenvalue weighted by Crippen LogP contribution is 2.39. The first kappa shape index (κ1) is 28.9. The lowest BCUT2D eigenvalue weighted by Gasteiger charge is -2.30. The van der Waals surface area contributed by atoms with E-state index >= 15 is 0 Å². The molecule has 12 nitrogen and oxygen atoms in total. The van der Waals surface area contributed by atoms with Crippen LogP contribution in [0.1, 0.15) is 41.6 Å². The molecule has 2 fully saturated rings. The second kappa shape index (κ2) is 10.7. The van der Waals surface area contributed by atoms with Gasteiger partial charge < -0.3 is 20.9 Å². The predicted molar refractivity (Wildman–Crippen MR) is 137 cm³/mol. The van der Waals surface area contributed by atoms with Crippen molar-refractivity contribution in [2.45, 2.75) is 55.4 Å². The lowest BCUT2D eigenvalue weighted by atomic mass is 9.97. The van der Waals surface area contributed by atoms with E-state index in [1.54, 1.807) is 0 Å². The van der Waals surface area contributed by atoms with Crippen LogP contribution in [-0.2, 0) is 16.2 Å². The largest absolute Gasteiger partial charge is 0.480 e. The lowest BCUT2D eigenvalue weighted by molar-refractivity contribution is -0.136. The van der Waals surface area contributed by atoms with Crippen LogP contribution in [0.3, 0.4) is 0 Å². The van der Waals surface area contributed by atoms with Gasteiger partial charge in [-0.1, -0.05) is 12.8 Å². The Bertz CT molecular complexity index is 1580. The molecule has 4 N–H and O–H groups in total. The first-order chi connectivity index (χ1) is 19.3. The number of hydrogen-bond acceptors (Lipinski definition) is 9. The fraction of sp³-hybridized carbons (Fsp3) is 0.500. The summed E-state index contributed by atoms with van der Waals surface area (Å²) in [6.45, 7) is -0.855. The molecule has 4 atom stereocenters. The molecule has 222 valence electrons. The molecule has 0 bridgehead atoms. The van der Waals surface area contributed by atoms with Crippen molar-refractivity contribution in [3.05, 3.63) is 35.8 Å². The Hall–Kier alpha value is -3.57. The minimum Gasteiger partial charge on any atom is -0.480 e. The van der Waals surface area contributed by atoms with Crippen LogP contribution in [0.15, 0.2) is 24.7 Å². The average molecular weight is 602 g/mol. The van der Waals surface area contributed by atoms with Crippen molar-refractivity contribution in [2.75, 3.05) is 25.9 Å². The van der Waals surface area contributed by atoms with Gasteiger partial charge in [0, 0.05) is 24.8 Å². The van der Waals surface area contributed by atoms with Gasteiger partial charge in [0.15, 0.2) is 5.82 Å². The van der Waals surface area contributed by atoms with E-state index in [9.17, 15) is 35.9 Å². The third-order valence-electron chi connectivity index (χ3n) is 7.41. The van der Waals surface area contributed by atoms with Crippen molar-refractivity contribution in [1.82, 2.24) is 29.2 Å². The Balaban J connectivity index is 1.43. The molecular weight excluding hydrogens is 574 g/mol. The molecule has 17 heteroatoms. The standard InChI is InChI=1S/C24H27F4N7O5S/c1-40-23-13(6-12(8-30-23)17-7-14(24(26,27)28)20-21(29)31-11-32-35(17)20)22(37)33-16-10-34(9-15(16)25)41(38,39)19-5-3-2-4-18(19)36/h6-8,11,15-16,18-19,36H,2-5,9-10H2,1H3,(H,33,37)(H2,29,31,32)/t15-,16+,18?,19?/m0/s1. The minimum absolute atomic E-state index is 0.0401. The third-order valence-corrected chi connectivity index (χ3v) is 9.75. The first-order valence-corrected chi connectivity index (χ1v) is 14.2. The van der Waals surface area contributed by atoms with Gasteiger partial charge in [-0.2, -0.15) is 22.6 Å². The summed E-state index contributed by atoms with van der Waals surface area (Å²) in [5, 5.41) is 15.5. The molecule has 1 aliphatic heterocycles. The lowest BCUT2D eigenvalue weighted by Crippen LogP contribution is -2.46. The number of pyridine rings is 1. The number of aliphatic hydroxyl groups is 1. The highest BCUT2D eigenvalue weighted by atomic mass is 32.2. The summed E-state index contributed by atoms with van der Waals surface area (Å²) >= 11 is 0. The SMILES string of the molecule is COc1ncc(-c2cc(C(F)(F)F)c3c(N)ncnn23)cc1C(=O)N[C@@H]1CN(S(=O)(=O)C2CCCCC2O)C[C@@H]1F. The van der Waals surface area contributed by atoms with Crippen LogP contribution >= 0.6 is 0 Å². The molecule has 1 amide bonds. The smallest absolute Gasteiger partial charge is 0.418 e. The molecule has 3 aromatic rings. The highest BCUT2D eigenvalue weighted by molar-refractivity contribution is 7.89. The van der Waals surface area contributed by atoms with Gasteiger partial charge in [-0.15, -0.1) is 0 Å². The molecule has 2 unspecified atom stereocenters. The number of hydrogen-bond donors (Lipinski definition) is 3. The quantitative estimate of drug-likeness (QED) is 0.357. The number of halogens is 4. The summed E-state index contributed by atoms with van der Waals surface area (Å²) in [4.78, 5) is 20.9. The Morgan fingerprint density at radius 3 is 2.61 bits per heavy atom. The van der Waals surface area contributed by atoms with Gasteiger partial charge in [0.25, 0.3) is 5.91 Å². The number of nitrogens with one attached hydrogen (secondary N) is 1. The summed E-state index contributed by atoms with van der Waals surface area (Å²) < 4.78 is 89.5. The van der Waals surface area contributed by atoms with Crippen LogP contribution in [0.5, 0.6) is 5.88 Å². The van der Waals surface area contributed by atoms with Gasteiger partial charge >= 0.3 is 6.18 Å². The van der Waals surface area contributed by atoms with Crippen molar-refractivity contribution in [3.63, 3.8) is 0 Å². The number of sulfonamides is 1. The van der Waals surface area contributed by atoms with E-state index in [1.165, 1.54) is 19.4 Å². The molecule has 41 heavy (non-hydrogen) atoms. The monoisotopic (exact) mass is 601 g/mol. The van der Waals surface area contributed by atoms with Crippen molar-refractivity contribution in [1.29, 1.82) is 0 Å². The van der Waals surface area contributed by atoms with E-state index in [0.717, 1.165) is 21.2 Å². The number of ether oxygens (including phenoxy) is 1. The normalized spacial score (nSPS) is 24.0. The topological polar surface area (TPSA) is 165 Å². The number of methoxy groups -OCH3 is 1. The molecule has 2 aliphatic rings. The number of carbonyl (C=O) groups excluding carboxylic acids is 1. The van der Waals surface area contributed by atoms with E-state index in [4.69, 9.17) is 10.5 Å². The van der Waals surface area contributed by atoms with E-state index in [-0.39, 0.29) is 35.7 Å². The zero-order chi connectivity index (χ0) is 29.7. The Morgan fingerprint density at radius 1 is 1.20 bits per heavy atom. The number of aromatic nitrogens is 4. The van der Waals surface area contributed by atoms with E-state index in [2.05, 4.69) is 20.4 Å². The molecule has 1 saturated heterocycles. The second-order valence-corrected chi connectivity index (χ2v) is 12.1. The number of nitrogens with zero attached hydrogens (tertiary/aromatic N) is 5. The zero-order valence-corrected chi connectivity index (χ0v) is 22.5. The molecule has 1 aliphatic carbocycles. The first-order valence-electron chi connectivity index (χ1n) is 12.7. The van der Waals surface area contributed by atoms with Crippen molar-refractivity contribution < 1.29 is 40.6 Å². The summed E-state index contributed by atoms with van der Waals surface area (Å²) in [5.74, 6) is -1.49. The summed E-state index contributed by atoms with van der Waals surface area (Å²) in [6.07, 6.45) is -3.54. The van der Waals surface area contributed by atoms with Crippen LogP contribution < -0.4 is 15.8 Å². The fourth-order valence-electron chi connectivity index (χ4n) is 5.34. The second-order valence-electron chi connectivity index (χ2n) is 9.98. The molecule has 1 saturated carbocycles. The number of fused-ring (bicyclic) bond motifs is 1. The van der Waals surface area contributed by atoms with Gasteiger partial charge in [0.05, 0.1) is 30.5 Å². The maximum absolute atomic E-state index is 15.0. The maximum Gasteiger partial charge on any atom is 0.418 e. The molecule has 5 rings (SSSR count). The number of carbonyl (C=O) groups is 1. The molecule has 0 radical (unpaired) electrons. The predicted octanol–water partition coefficient (Wildman–Crippen LogP) is 1.79. The summed E-state index contributed by atoms with van der Waals surface area (Å²) in [7, 11) is -2.81. The van der Waals surface area contributed by atoms with Crippen molar-refractivity contribution >= 4 is 27.3 Å². The number of rotatable bonds is 6. The Kier molecular flexibility index (Phi) is 7.54. The minimum atomic E-state index is -4.79. The number of anilines is 1. The number of nitrogen functional groups attached to an aromatic ring is 1. The fourth-order valence-corrected chi connectivity index (χ4v) is 7.44. The van der Waals surface area contributed by atoms with Gasteiger partial charge in [-0.25, -0.2) is 27.3 Å². The maximum atomic E-state index is 15.0. The van der Waals surface area contributed by atoms with Gasteiger partial charge in [-0.05, 0) is 25.0 Å². The van der Waals surface area contributed by atoms with E-state index in [1.807, 2.05) is 0 Å². The Labute approximate surface area is 231 Å². The van der Waals surface area contributed by atoms with Gasteiger partial charge in [0.1, 0.15) is 28.8 Å². The number of alkyl halides is 4. The van der Waals surface area contributed by atoms with Gasteiger partial charge in [-0.3, -0.25) is 4.79 Å². The third kappa shape index (κ3) is 5.28. The highest BCUT2D eigenvalue weighted by Gasteiger charge is 2.45. The number of nitrogens with two attached hydrogens (primary N) is 1. The average Bonchev–Trinajstić information content (AvgIpc) is 3.50. The van der Waals surface area contributed by atoms with E-state index < -0.39 is 69.1 Å². The molecule has 4 heterocycles. The van der Waals surface area contributed by atoms with Crippen LogP contribution in [0.4, 0.5) is 23.4 Å². The molecule has 0 spiro atoms. The Morgan fingerprint density at radius 2 is 1.93 bits per heavy atom. The van der Waals surface area contributed by atoms with Crippen LogP contribution in [0.25, 0.3) is 16.8 Å². The van der Waals surface area contributed by atoms with Crippen molar-refractivity contribution in [3.8, 4) is 17.1 Å². The summed E-state index contributed by atoms with van der Waals surface area (Å²) in [5.41, 5.74) is 3.84. The number of aliphatic hydroxyl groups excluding tert-OH is 1.